The van der Waals surface area contributed by atoms with Gasteiger partial charge in [-0.15, -0.1) is 10.2 Å². The highest BCUT2D eigenvalue weighted by molar-refractivity contribution is 7.99. The summed E-state index contributed by atoms with van der Waals surface area (Å²) in [6, 6.07) is 17.1. The standard InChI is InChI=1S/C21H23N5O3S/c1-29-18-10-6-5-9-17(18)26-15-23-24-21(26)30-14-20(28)25(12-11-19(22)27)13-16-7-3-2-4-8-16/h2-10,15H,11-14H2,1H3,(H2,22,27). The number of rotatable bonds is 10. The van der Waals surface area contributed by atoms with Gasteiger partial charge in [-0.1, -0.05) is 54.2 Å². The molecular weight excluding hydrogens is 402 g/mol. The first-order valence-corrected chi connectivity index (χ1v) is 10.3. The average Bonchev–Trinajstić information content (AvgIpc) is 3.24. The molecule has 30 heavy (non-hydrogen) atoms. The van der Waals surface area contributed by atoms with Crippen molar-refractivity contribution in [3.05, 3.63) is 66.5 Å². The first kappa shape index (κ1) is 21.4. The van der Waals surface area contributed by atoms with Crippen LogP contribution in [0.15, 0.2) is 66.1 Å². The lowest BCUT2D eigenvalue weighted by atomic mass is 10.2. The van der Waals surface area contributed by atoms with Gasteiger partial charge in [0.2, 0.25) is 11.8 Å². The second-order valence-corrected chi connectivity index (χ2v) is 7.40. The maximum absolute atomic E-state index is 12.9. The second-order valence-electron chi connectivity index (χ2n) is 6.46. The fourth-order valence-corrected chi connectivity index (χ4v) is 3.70. The highest BCUT2D eigenvalue weighted by Gasteiger charge is 2.18. The third-order valence-electron chi connectivity index (χ3n) is 4.38. The zero-order valence-electron chi connectivity index (χ0n) is 16.6. The predicted molar refractivity (Wildman–Crippen MR) is 114 cm³/mol. The van der Waals surface area contributed by atoms with Gasteiger partial charge in [0, 0.05) is 19.5 Å². The zero-order chi connectivity index (χ0) is 21.3. The number of carbonyl (C=O) groups excluding carboxylic acids is 2. The molecule has 0 saturated heterocycles. The highest BCUT2D eigenvalue weighted by Crippen LogP contribution is 2.26. The van der Waals surface area contributed by atoms with Crippen LogP contribution in [0.3, 0.4) is 0 Å². The quantitative estimate of drug-likeness (QED) is 0.500. The van der Waals surface area contributed by atoms with E-state index < -0.39 is 5.91 Å². The number of thioether (sulfide) groups is 1. The van der Waals surface area contributed by atoms with Gasteiger partial charge in [-0.2, -0.15) is 0 Å². The molecule has 0 saturated carbocycles. The minimum Gasteiger partial charge on any atom is -0.495 e. The van der Waals surface area contributed by atoms with Crippen LogP contribution < -0.4 is 10.5 Å². The summed E-state index contributed by atoms with van der Waals surface area (Å²) in [6.07, 6.45) is 1.69. The van der Waals surface area contributed by atoms with Gasteiger partial charge in [-0.25, -0.2) is 0 Å². The third-order valence-corrected chi connectivity index (χ3v) is 5.31. The first-order valence-electron chi connectivity index (χ1n) is 9.34. The lowest BCUT2D eigenvalue weighted by Crippen LogP contribution is -2.34. The molecule has 8 nitrogen and oxygen atoms in total. The van der Waals surface area contributed by atoms with Crippen LogP contribution in [-0.2, 0) is 16.1 Å². The summed E-state index contributed by atoms with van der Waals surface area (Å²) in [6.45, 7) is 0.676. The van der Waals surface area contributed by atoms with Crippen LogP contribution in [0.5, 0.6) is 5.75 Å². The van der Waals surface area contributed by atoms with E-state index in [9.17, 15) is 9.59 Å². The number of aromatic nitrogens is 3. The molecule has 2 N–H and O–H groups in total. The summed E-state index contributed by atoms with van der Waals surface area (Å²) in [7, 11) is 1.60. The summed E-state index contributed by atoms with van der Waals surface area (Å²) in [5.74, 6) is 0.279. The maximum Gasteiger partial charge on any atom is 0.233 e. The van der Waals surface area contributed by atoms with Crippen LogP contribution >= 0.6 is 11.8 Å². The van der Waals surface area contributed by atoms with Crippen molar-refractivity contribution in [3.63, 3.8) is 0 Å². The zero-order valence-corrected chi connectivity index (χ0v) is 17.4. The van der Waals surface area contributed by atoms with E-state index in [1.807, 2.05) is 54.6 Å². The summed E-state index contributed by atoms with van der Waals surface area (Å²) in [4.78, 5) is 25.8. The lowest BCUT2D eigenvalue weighted by molar-refractivity contribution is -0.129. The molecule has 0 atom stereocenters. The Hall–Kier alpha value is -3.33. The summed E-state index contributed by atoms with van der Waals surface area (Å²) in [5.41, 5.74) is 7.05. The third kappa shape index (κ3) is 5.60. The van der Waals surface area contributed by atoms with Crippen molar-refractivity contribution in [1.29, 1.82) is 0 Å². The topological polar surface area (TPSA) is 103 Å². The molecule has 1 heterocycles. The van der Waals surface area contributed by atoms with Crippen LogP contribution in [0.1, 0.15) is 12.0 Å². The molecule has 9 heteroatoms. The maximum atomic E-state index is 12.9. The Morgan fingerprint density at radius 3 is 2.60 bits per heavy atom. The van der Waals surface area contributed by atoms with E-state index in [2.05, 4.69) is 10.2 Å². The molecule has 0 aliphatic heterocycles. The van der Waals surface area contributed by atoms with Crippen molar-refractivity contribution in [2.75, 3.05) is 19.4 Å². The molecule has 1 aromatic heterocycles. The Kier molecular flexibility index (Phi) is 7.45. The van der Waals surface area contributed by atoms with E-state index in [0.717, 1.165) is 11.3 Å². The van der Waals surface area contributed by atoms with Crippen LogP contribution in [0.2, 0.25) is 0 Å². The summed E-state index contributed by atoms with van der Waals surface area (Å²) < 4.78 is 7.18. The van der Waals surface area contributed by atoms with Gasteiger partial charge >= 0.3 is 0 Å². The number of hydrogen-bond acceptors (Lipinski definition) is 6. The Balaban J connectivity index is 1.71. The molecule has 0 unspecified atom stereocenters. The molecule has 0 aliphatic carbocycles. The number of hydrogen-bond donors (Lipinski definition) is 1. The number of nitrogens with zero attached hydrogens (tertiary/aromatic N) is 4. The van der Waals surface area contributed by atoms with Crippen LogP contribution in [0.4, 0.5) is 0 Å². The van der Waals surface area contributed by atoms with Crippen molar-refractivity contribution in [1.82, 2.24) is 19.7 Å². The van der Waals surface area contributed by atoms with Crippen molar-refractivity contribution < 1.29 is 14.3 Å². The second kappa shape index (κ2) is 10.4. The largest absolute Gasteiger partial charge is 0.495 e. The summed E-state index contributed by atoms with van der Waals surface area (Å²) >= 11 is 1.28. The monoisotopic (exact) mass is 425 g/mol. The van der Waals surface area contributed by atoms with E-state index in [1.54, 1.807) is 22.9 Å². The van der Waals surface area contributed by atoms with Gasteiger partial charge in [-0.3, -0.25) is 14.2 Å². The van der Waals surface area contributed by atoms with Gasteiger partial charge in [0.25, 0.3) is 0 Å². The number of primary amides is 1. The Bertz CT molecular complexity index is 993. The number of nitrogens with two attached hydrogens (primary N) is 1. The molecule has 3 aromatic rings. The Labute approximate surface area is 179 Å². The van der Waals surface area contributed by atoms with Crippen LogP contribution in [0, 0.1) is 0 Å². The minimum absolute atomic E-state index is 0.111. The van der Waals surface area contributed by atoms with Crippen molar-refractivity contribution >= 4 is 23.6 Å². The molecule has 0 aliphatic rings. The molecule has 0 spiro atoms. The van der Waals surface area contributed by atoms with Crippen molar-refractivity contribution in [2.24, 2.45) is 5.73 Å². The van der Waals surface area contributed by atoms with E-state index in [-0.39, 0.29) is 24.6 Å². The molecule has 3 rings (SSSR count). The van der Waals surface area contributed by atoms with E-state index in [1.165, 1.54) is 11.8 Å². The SMILES string of the molecule is COc1ccccc1-n1cnnc1SCC(=O)N(CCC(N)=O)Cc1ccccc1. The van der Waals surface area contributed by atoms with E-state index in [0.29, 0.717) is 17.5 Å². The van der Waals surface area contributed by atoms with Crippen LogP contribution in [0.25, 0.3) is 5.69 Å². The lowest BCUT2D eigenvalue weighted by Gasteiger charge is -2.22. The van der Waals surface area contributed by atoms with Crippen molar-refractivity contribution in [3.8, 4) is 11.4 Å². The number of methoxy groups -OCH3 is 1. The summed E-state index contributed by atoms with van der Waals surface area (Å²) in [5, 5.41) is 8.68. The van der Waals surface area contributed by atoms with Gasteiger partial charge in [-0.05, 0) is 17.7 Å². The molecule has 0 fully saturated rings. The number of amides is 2. The van der Waals surface area contributed by atoms with Gasteiger partial charge in [0.05, 0.1) is 18.6 Å². The predicted octanol–water partition coefficient (Wildman–Crippen LogP) is 2.27. The average molecular weight is 426 g/mol. The van der Waals surface area contributed by atoms with Gasteiger partial charge in [0.15, 0.2) is 5.16 Å². The number of carbonyl (C=O) groups is 2. The Morgan fingerprint density at radius 2 is 1.87 bits per heavy atom. The Morgan fingerprint density at radius 1 is 1.13 bits per heavy atom. The molecule has 0 bridgehead atoms. The first-order chi connectivity index (χ1) is 14.6. The molecule has 2 aromatic carbocycles. The molecule has 2 amide bonds. The molecule has 0 radical (unpaired) electrons. The number of benzene rings is 2. The number of para-hydroxylation sites is 2. The fourth-order valence-electron chi connectivity index (χ4n) is 2.88. The van der Waals surface area contributed by atoms with Gasteiger partial charge < -0.3 is 15.4 Å². The van der Waals surface area contributed by atoms with E-state index in [4.69, 9.17) is 10.5 Å². The molecule has 156 valence electrons. The van der Waals surface area contributed by atoms with Gasteiger partial charge in [0.1, 0.15) is 12.1 Å². The van der Waals surface area contributed by atoms with Crippen LogP contribution in [-0.4, -0.2) is 50.9 Å². The minimum atomic E-state index is -0.440. The highest BCUT2D eigenvalue weighted by atomic mass is 32.2. The molecular formula is C21H23N5O3S. The normalized spacial score (nSPS) is 10.6. The number of ether oxygens (including phenoxy) is 1. The van der Waals surface area contributed by atoms with E-state index >= 15 is 0 Å². The fraction of sp³-hybridized carbons (Fsp3) is 0.238. The van der Waals surface area contributed by atoms with Crippen molar-refractivity contribution in [2.45, 2.75) is 18.1 Å². The smallest absolute Gasteiger partial charge is 0.233 e.